The molecule has 78 valence electrons. The maximum Gasteiger partial charge on any atom is 0.355 e. The van der Waals surface area contributed by atoms with Crippen LogP contribution in [-0.2, 0) is 19.6 Å². The molecule has 0 fully saturated rings. The van der Waals surface area contributed by atoms with Gasteiger partial charge in [0.25, 0.3) is 10.0 Å². The average molecular weight is 219 g/mol. The highest BCUT2D eigenvalue weighted by atomic mass is 32.2. The molecule has 1 heterocycles. The third-order valence-corrected chi connectivity index (χ3v) is 2.85. The summed E-state index contributed by atoms with van der Waals surface area (Å²) in [6, 6.07) is 0. The van der Waals surface area contributed by atoms with Crippen LogP contribution in [0.3, 0.4) is 0 Å². The van der Waals surface area contributed by atoms with Crippen LogP contribution in [0.2, 0.25) is 0 Å². The van der Waals surface area contributed by atoms with E-state index in [9.17, 15) is 13.2 Å². The van der Waals surface area contributed by atoms with Crippen molar-refractivity contribution >= 4 is 21.7 Å². The summed E-state index contributed by atoms with van der Waals surface area (Å²) in [5, 5.41) is 8.51. The molecular formula is C7H9NO5S. The van der Waals surface area contributed by atoms with Crippen LogP contribution in [0.5, 0.6) is 0 Å². The van der Waals surface area contributed by atoms with Gasteiger partial charge in [-0.25, -0.2) is 4.79 Å². The molecule has 0 saturated carbocycles. The van der Waals surface area contributed by atoms with Crippen LogP contribution in [0.15, 0.2) is 15.4 Å². The largest absolute Gasteiger partial charge is 0.476 e. The van der Waals surface area contributed by atoms with Crippen LogP contribution in [0.1, 0.15) is 6.92 Å². The second-order valence-corrected chi connectivity index (χ2v) is 4.16. The lowest BCUT2D eigenvalue weighted by molar-refractivity contribution is -0.129. The summed E-state index contributed by atoms with van der Waals surface area (Å²) < 4.78 is 30.3. The van der Waals surface area contributed by atoms with E-state index in [4.69, 9.17) is 9.84 Å². The molecule has 0 aliphatic carbocycles. The van der Waals surface area contributed by atoms with Crippen molar-refractivity contribution in [2.75, 3.05) is 13.2 Å². The van der Waals surface area contributed by atoms with Crippen LogP contribution >= 0.6 is 0 Å². The number of rotatable bonds is 4. The van der Waals surface area contributed by atoms with E-state index in [1.54, 1.807) is 6.92 Å². The van der Waals surface area contributed by atoms with Gasteiger partial charge in [-0.2, -0.15) is 12.8 Å². The fourth-order valence-electron chi connectivity index (χ4n) is 0.861. The van der Waals surface area contributed by atoms with E-state index < -0.39 is 21.7 Å². The van der Waals surface area contributed by atoms with Gasteiger partial charge < -0.3 is 9.84 Å². The number of ether oxygens (including phenoxy) is 1. The van der Waals surface area contributed by atoms with E-state index >= 15 is 0 Å². The van der Waals surface area contributed by atoms with Crippen molar-refractivity contribution in [3.8, 4) is 0 Å². The Morgan fingerprint density at radius 3 is 2.71 bits per heavy atom. The lowest BCUT2D eigenvalue weighted by atomic mass is 10.3. The monoisotopic (exact) mass is 219 g/mol. The lowest BCUT2D eigenvalue weighted by Gasteiger charge is -1.99. The van der Waals surface area contributed by atoms with E-state index in [0.29, 0.717) is 6.61 Å². The number of sulfonamides is 1. The molecule has 0 radical (unpaired) electrons. The third kappa shape index (κ3) is 2.18. The first-order valence-corrected chi connectivity index (χ1v) is 5.28. The number of carboxylic acids is 1. The van der Waals surface area contributed by atoms with Gasteiger partial charge in [-0.1, -0.05) is 0 Å². The highest BCUT2D eigenvalue weighted by Crippen LogP contribution is 2.17. The number of nitrogens with zero attached hydrogens (tertiary/aromatic N) is 1. The summed E-state index contributed by atoms with van der Waals surface area (Å²) in [6.45, 7) is 1.93. The molecule has 14 heavy (non-hydrogen) atoms. The summed E-state index contributed by atoms with van der Waals surface area (Å²) >= 11 is 0. The molecule has 1 rings (SSSR count). The molecular weight excluding hydrogens is 210 g/mol. The molecule has 1 aliphatic rings. The minimum absolute atomic E-state index is 0.114. The maximum atomic E-state index is 11.2. The number of hydrogen-bond donors (Lipinski definition) is 1. The van der Waals surface area contributed by atoms with Crippen LogP contribution < -0.4 is 0 Å². The minimum Gasteiger partial charge on any atom is -0.476 e. The highest BCUT2D eigenvalue weighted by Gasteiger charge is 2.27. The van der Waals surface area contributed by atoms with Crippen LogP contribution in [-0.4, -0.2) is 38.4 Å². The van der Waals surface area contributed by atoms with E-state index in [-0.39, 0.29) is 11.5 Å². The highest BCUT2D eigenvalue weighted by molar-refractivity contribution is 7.94. The van der Waals surface area contributed by atoms with Gasteiger partial charge >= 0.3 is 5.97 Å². The van der Waals surface area contributed by atoms with Gasteiger partial charge in [-0.05, 0) is 13.0 Å². The Hall–Kier alpha value is -1.21. The molecule has 0 aromatic heterocycles. The molecule has 6 nitrogen and oxygen atoms in total. The number of aliphatic carboxylic acids is 1. The fourth-order valence-corrected chi connectivity index (χ4v) is 1.86. The predicted molar refractivity (Wildman–Crippen MR) is 48.6 cm³/mol. The molecule has 7 heteroatoms. The zero-order chi connectivity index (χ0) is 10.8. The summed E-state index contributed by atoms with van der Waals surface area (Å²) in [4.78, 5) is 10.3. The van der Waals surface area contributed by atoms with E-state index in [1.807, 2.05) is 0 Å². The molecule has 0 unspecified atom stereocenters. The van der Waals surface area contributed by atoms with Gasteiger partial charge in [-0.15, -0.1) is 0 Å². The Balaban J connectivity index is 2.90. The number of carbonyl (C=O) groups is 1. The molecule has 0 saturated heterocycles. The number of hydrogen-bond acceptors (Lipinski definition) is 4. The van der Waals surface area contributed by atoms with Crippen LogP contribution in [0.4, 0.5) is 0 Å². The topological polar surface area (TPSA) is 93.0 Å². The Kier molecular flexibility index (Phi) is 3.02. The summed E-state index contributed by atoms with van der Waals surface area (Å²) in [5.74, 6) is -1.36. The van der Waals surface area contributed by atoms with Gasteiger partial charge in [-0.3, -0.25) is 0 Å². The zero-order valence-corrected chi connectivity index (χ0v) is 8.24. The predicted octanol–water partition coefficient (Wildman–Crippen LogP) is -0.224. The van der Waals surface area contributed by atoms with Crippen LogP contribution in [0.25, 0.3) is 0 Å². The van der Waals surface area contributed by atoms with Gasteiger partial charge in [0.05, 0.1) is 11.5 Å². The van der Waals surface area contributed by atoms with Gasteiger partial charge in [0.1, 0.15) is 0 Å². The van der Waals surface area contributed by atoms with Crippen molar-refractivity contribution in [2.24, 2.45) is 4.40 Å². The molecule has 1 N–H and O–H groups in total. The van der Waals surface area contributed by atoms with Gasteiger partial charge in [0.15, 0.2) is 5.71 Å². The second-order valence-electron chi connectivity index (χ2n) is 2.50. The molecule has 0 spiro atoms. The first-order chi connectivity index (χ1) is 6.47. The van der Waals surface area contributed by atoms with E-state index in [2.05, 4.69) is 4.40 Å². The van der Waals surface area contributed by atoms with Crippen molar-refractivity contribution < 1.29 is 23.1 Å². The third-order valence-electron chi connectivity index (χ3n) is 1.52. The molecule has 0 amide bonds. The molecule has 0 atom stereocenters. The Bertz CT molecular complexity index is 406. The molecule has 0 bridgehead atoms. The average Bonchev–Trinajstić information content (AvgIpc) is 2.38. The van der Waals surface area contributed by atoms with Crippen LogP contribution in [0, 0.1) is 0 Å². The minimum atomic E-state index is -3.81. The standard InChI is InChI=1S/C7H9NO5S/c1-2-13-4-5-3-6(7(9)10)8-14(5,11)12/h3H,2,4H2,1H3,(H,9,10). The first-order valence-electron chi connectivity index (χ1n) is 3.84. The van der Waals surface area contributed by atoms with E-state index in [1.165, 1.54) is 0 Å². The smallest absolute Gasteiger partial charge is 0.355 e. The Labute approximate surface area is 81.0 Å². The molecule has 0 aromatic carbocycles. The molecule has 1 aliphatic heterocycles. The number of carboxylic acid groups (broad SMARTS) is 1. The fraction of sp³-hybridized carbons (Fsp3) is 0.429. The summed E-state index contributed by atoms with van der Waals surface area (Å²) in [7, 11) is -3.81. The summed E-state index contributed by atoms with van der Waals surface area (Å²) in [6.07, 6.45) is 1.01. The van der Waals surface area contributed by atoms with Crippen molar-refractivity contribution in [3.63, 3.8) is 0 Å². The summed E-state index contributed by atoms with van der Waals surface area (Å²) in [5.41, 5.74) is -0.472. The quantitative estimate of drug-likeness (QED) is 0.705. The van der Waals surface area contributed by atoms with Gasteiger partial charge in [0, 0.05) is 6.61 Å². The Morgan fingerprint density at radius 1 is 1.64 bits per heavy atom. The Morgan fingerprint density at radius 2 is 2.29 bits per heavy atom. The normalized spacial score (nSPS) is 18.9. The lowest BCUT2D eigenvalue weighted by Crippen LogP contribution is -2.07. The van der Waals surface area contributed by atoms with Crippen molar-refractivity contribution in [1.82, 2.24) is 0 Å². The molecule has 0 aromatic rings. The second kappa shape index (κ2) is 3.89. The van der Waals surface area contributed by atoms with Crippen molar-refractivity contribution in [1.29, 1.82) is 0 Å². The van der Waals surface area contributed by atoms with E-state index in [0.717, 1.165) is 6.08 Å². The maximum absolute atomic E-state index is 11.2. The zero-order valence-electron chi connectivity index (χ0n) is 7.43. The van der Waals surface area contributed by atoms with Crippen molar-refractivity contribution in [2.45, 2.75) is 6.92 Å². The van der Waals surface area contributed by atoms with Gasteiger partial charge in [0.2, 0.25) is 0 Å². The SMILES string of the molecule is CCOCC1=CC(C(=O)O)=NS1(=O)=O. The van der Waals surface area contributed by atoms with Crippen molar-refractivity contribution in [3.05, 3.63) is 11.0 Å². The first kappa shape index (κ1) is 10.9.